The predicted molar refractivity (Wildman–Crippen MR) is 84.9 cm³/mol. The summed E-state index contributed by atoms with van der Waals surface area (Å²) in [6.45, 7) is 1.80. The predicted octanol–water partition coefficient (Wildman–Crippen LogP) is 1.12. The molecule has 1 aromatic rings. The summed E-state index contributed by atoms with van der Waals surface area (Å²) in [6, 6.07) is 1.59. The summed E-state index contributed by atoms with van der Waals surface area (Å²) in [5.41, 5.74) is -0.310. The van der Waals surface area contributed by atoms with Crippen molar-refractivity contribution in [1.29, 1.82) is 0 Å². The normalized spacial score (nSPS) is 14.3. The van der Waals surface area contributed by atoms with E-state index in [1.54, 1.807) is 6.92 Å². The van der Waals surface area contributed by atoms with E-state index >= 15 is 0 Å². The zero-order valence-electron chi connectivity index (χ0n) is 14.0. The van der Waals surface area contributed by atoms with Crippen LogP contribution in [-0.4, -0.2) is 59.9 Å². The van der Waals surface area contributed by atoms with Gasteiger partial charge in [-0.3, -0.25) is 19.3 Å². The van der Waals surface area contributed by atoms with Gasteiger partial charge in [-0.1, -0.05) is 0 Å². The Bertz CT molecular complexity index is 741. The van der Waals surface area contributed by atoms with Gasteiger partial charge < -0.3 is 10.1 Å². The van der Waals surface area contributed by atoms with E-state index in [9.17, 15) is 28.0 Å². The molecule has 1 saturated heterocycles. The van der Waals surface area contributed by atoms with Crippen molar-refractivity contribution in [2.75, 3.05) is 31.6 Å². The van der Waals surface area contributed by atoms with Crippen LogP contribution in [0.25, 0.3) is 0 Å². The van der Waals surface area contributed by atoms with Crippen molar-refractivity contribution in [3.05, 3.63) is 29.8 Å². The van der Waals surface area contributed by atoms with Crippen LogP contribution >= 0.6 is 0 Å². The number of urea groups is 1. The molecular formula is C16H17F2N3O5. The standard InChI is InChI=1S/C16H17F2N3O5/c1-2-26-7-3-6-20-14(23)15(24)21(16(20)25)9-13(22)19-12-5-4-10(17)8-11(12)18/h4-5,8H,2-3,6-7,9H2,1H3,(H,19,22). The van der Waals surface area contributed by atoms with Crippen LogP contribution in [0, 0.1) is 11.6 Å². The topological polar surface area (TPSA) is 96.0 Å². The van der Waals surface area contributed by atoms with Gasteiger partial charge in [-0.25, -0.2) is 18.5 Å². The third-order valence-corrected chi connectivity index (χ3v) is 3.52. The van der Waals surface area contributed by atoms with Crippen molar-refractivity contribution in [1.82, 2.24) is 9.80 Å². The molecule has 1 aliphatic heterocycles. The van der Waals surface area contributed by atoms with Gasteiger partial charge in [0.2, 0.25) is 5.91 Å². The molecule has 1 aromatic carbocycles. The Balaban J connectivity index is 1.97. The fourth-order valence-electron chi connectivity index (χ4n) is 2.28. The molecule has 8 nitrogen and oxygen atoms in total. The highest BCUT2D eigenvalue weighted by molar-refractivity contribution is 6.45. The second-order valence-electron chi connectivity index (χ2n) is 5.35. The smallest absolute Gasteiger partial charge is 0.334 e. The molecule has 0 bridgehead atoms. The largest absolute Gasteiger partial charge is 0.382 e. The quantitative estimate of drug-likeness (QED) is 0.421. The maximum atomic E-state index is 13.5. The lowest BCUT2D eigenvalue weighted by Crippen LogP contribution is -2.39. The molecule has 0 aromatic heterocycles. The minimum Gasteiger partial charge on any atom is -0.382 e. The van der Waals surface area contributed by atoms with Crippen molar-refractivity contribution in [2.24, 2.45) is 0 Å². The van der Waals surface area contributed by atoms with Crippen LogP contribution in [0.5, 0.6) is 0 Å². The minimum absolute atomic E-state index is 0.0197. The first-order valence-corrected chi connectivity index (χ1v) is 7.85. The van der Waals surface area contributed by atoms with Gasteiger partial charge in [0.1, 0.15) is 18.2 Å². The van der Waals surface area contributed by atoms with Gasteiger partial charge >= 0.3 is 17.8 Å². The van der Waals surface area contributed by atoms with Crippen LogP contribution < -0.4 is 5.32 Å². The lowest BCUT2D eigenvalue weighted by molar-refractivity contribution is -0.143. The molecule has 26 heavy (non-hydrogen) atoms. The molecule has 10 heteroatoms. The number of hydrogen-bond donors (Lipinski definition) is 1. The van der Waals surface area contributed by atoms with Gasteiger partial charge in [0.25, 0.3) is 0 Å². The number of anilines is 1. The third kappa shape index (κ3) is 4.39. The molecular weight excluding hydrogens is 352 g/mol. The highest BCUT2D eigenvalue weighted by Crippen LogP contribution is 2.16. The Kier molecular flexibility index (Phi) is 6.34. The molecule has 140 valence electrons. The first-order valence-electron chi connectivity index (χ1n) is 7.85. The van der Waals surface area contributed by atoms with Crippen molar-refractivity contribution < 1.29 is 32.7 Å². The van der Waals surface area contributed by atoms with Gasteiger partial charge in [-0.05, 0) is 25.5 Å². The molecule has 0 atom stereocenters. The highest BCUT2D eigenvalue weighted by Gasteiger charge is 2.44. The van der Waals surface area contributed by atoms with E-state index in [4.69, 9.17) is 4.74 Å². The number of nitrogens with zero attached hydrogens (tertiary/aromatic N) is 2. The molecule has 0 spiro atoms. The summed E-state index contributed by atoms with van der Waals surface area (Å²) in [4.78, 5) is 49.1. The van der Waals surface area contributed by atoms with Crippen LogP contribution in [0.15, 0.2) is 18.2 Å². The molecule has 5 amide bonds. The summed E-state index contributed by atoms with van der Waals surface area (Å²) in [7, 11) is 0. The lowest BCUT2D eigenvalue weighted by atomic mass is 10.3. The SMILES string of the molecule is CCOCCCN1C(=O)C(=O)N(CC(=O)Nc2ccc(F)cc2F)C1=O. The van der Waals surface area contributed by atoms with Crippen molar-refractivity contribution in [2.45, 2.75) is 13.3 Å². The van der Waals surface area contributed by atoms with Crippen molar-refractivity contribution >= 4 is 29.4 Å². The summed E-state index contributed by atoms with van der Waals surface area (Å²) >= 11 is 0. The fourth-order valence-corrected chi connectivity index (χ4v) is 2.28. The molecule has 1 heterocycles. The molecule has 0 unspecified atom stereocenters. The average molecular weight is 369 g/mol. The Morgan fingerprint density at radius 1 is 1.15 bits per heavy atom. The van der Waals surface area contributed by atoms with E-state index in [1.807, 2.05) is 0 Å². The minimum atomic E-state index is -1.14. The molecule has 0 saturated carbocycles. The van der Waals surface area contributed by atoms with Crippen LogP contribution in [0.1, 0.15) is 13.3 Å². The lowest BCUT2D eigenvalue weighted by Gasteiger charge is -2.15. The maximum absolute atomic E-state index is 13.5. The van der Waals surface area contributed by atoms with Gasteiger partial charge in [0.15, 0.2) is 0 Å². The molecule has 0 radical (unpaired) electrons. The monoisotopic (exact) mass is 369 g/mol. The zero-order valence-corrected chi connectivity index (χ0v) is 14.0. The number of hydrogen-bond acceptors (Lipinski definition) is 5. The number of halogens is 2. The van der Waals surface area contributed by atoms with Crippen LogP contribution in [-0.2, 0) is 19.1 Å². The number of carbonyl (C=O) groups is 4. The molecule has 1 fully saturated rings. The van der Waals surface area contributed by atoms with Gasteiger partial charge in [-0.15, -0.1) is 0 Å². The molecule has 1 N–H and O–H groups in total. The Hall–Kier alpha value is -2.88. The van der Waals surface area contributed by atoms with E-state index in [-0.39, 0.29) is 12.2 Å². The second kappa shape index (κ2) is 8.48. The van der Waals surface area contributed by atoms with E-state index in [0.717, 1.165) is 17.0 Å². The molecule has 2 rings (SSSR count). The summed E-state index contributed by atoms with van der Waals surface area (Å²) in [5.74, 6) is -4.90. The van der Waals surface area contributed by atoms with Crippen LogP contribution in [0.3, 0.4) is 0 Å². The fraction of sp³-hybridized carbons (Fsp3) is 0.375. The zero-order chi connectivity index (χ0) is 19.3. The Morgan fingerprint density at radius 2 is 1.85 bits per heavy atom. The maximum Gasteiger partial charge on any atom is 0.334 e. The van der Waals surface area contributed by atoms with E-state index in [2.05, 4.69) is 5.32 Å². The number of rotatable bonds is 8. The summed E-state index contributed by atoms with van der Waals surface area (Å²) in [5, 5.41) is 2.12. The summed E-state index contributed by atoms with van der Waals surface area (Å²) in [6.07, 6.45) is 0.347. The molecule has 0 aliphatic carbocycles. The van der Waals surface area contributed by atoms with Gasteiger partial charge in [-0.2, -0.15) is 0 Å². The van der Waals surface area contributed by atoms with Gasteiger partial charge in [0, 0.05) is 25.8 Å². The summed E-state index contributed by atoms with van der Waals surface area (Å²) < 4.78 is 31.5. The number of imide groups is 2. The number of amides is 5. The third-order valence-electron chi connectivity index (χ3n) is 3.52. The Morgan fingerprint density at radius 3 is 2.50 bits per heavy atom. The van der Waals surface area contributed by atoms with E-state index < -0.39 is 41.9 Å². The number of nitrogens with one attached hydrogen (secondary N) is 1. The van der Waals surface area contributed by atoms with Crippen LogP contribution in [0.2, 0.25) is 0 Å². The van der Waals surface area contributed by atoms with Crippen LogP contribution in [0.4, 0.5) is 19.3 Å². The van der Waals surface area contributed by atoms with E-state index in [1.165, 1.54) is 0 Å². The average Bonchev–Trinajstić information content (AvgIpc) is 2.78. The number of benzene rings is 1. The first kappa shape index (κ1) is 19.4. The van der Waals surface area contributed by atoms with Crippen molar-refractivity contribution in [3.63, 3.8) is 0 Å². The second-order valence-corrected chi connectivity index (χ2v) is 5.35. The number of carbonyl (C=O) groups excluding carboxylic acids is 4. The highest BCUT2D eigenvalue weighted by atomic mass is 19.1. The van der Waals surface area contributed by atoms with Gasteiger partial charge in [0.05, 0.1) is 5.69 Å². The molecule has 1 aliphatic rings. The van der Waals surface area contributed by atoms with Crippen molar-refractivity contribution in [3.8, 4) is 0 Å². The first-order chi connectivity index (χ1) is 12.3. The Labute approximate surface area is 147 Å². The van der Waals surface area contributed by atoms with E-state index in [0.29, 0.717) is 30.6 Å². The number of ether oxygens (including phenoxy) is 1.